The van der Waals surface area contributed by atoms with Crippen LogP contribution in [0.2, 0.25) is 0 Å². The Balaban J connectivity index is 3.27. The average molecular weight is 191 g/mol. The number of carboxylic acids is 1. The Morgan fingerprint density at radius 2 is 2.21 bits per heavy atom. The molecule has 0 fully saturated rings. The average Bonchev–Trinajstić information content (AvgIpc) is 2.08. The molecule has 4 heteroatoms. The Hall–Kier alpha value is -2.02. The number of hydrogen-bond donors (Lipinski definition) is 2. The third-order valence-electron chi connectivity index (χ3n) is 1.82. The lowest BCUT2D eigenvalue weighted by molar-refractivity contribution is -0.136. The number of nitrogens with zero attached hydrogens (tertiary/aromatic N) is 1. The zero-order chi connectivity index (χ0) is 10.7. The predicted molar refractivity (Wildman–Crippen MR) is 48.9 cm³/mol. The standard InChI is InChI=1S/C10H9NO3/c1-6-2-7(5-11)8(4-10(13)14)9(12)3-6/h2-3,12H,4H2,1H3,(H,13,14). The van der Waals surface area contributed by atoms with Gasteiger partial charge >= 0.3 is 5.97 Å². The summed E-state index contributed by atoms with van der Waals surface area (Å²) in [6.07, 6.45) is -0.338. The lowest BCUT2D eigenvalue weighted by Crippen LogP contribution is -2.03. The van der Waals surface area contributed by atoms with Crippen LogP contribution in [-0.2, 0) is 11.2 Å². The van der Waals surface area contributed by atoms with Crippen LogP contribution in [0, 0.1) is 18.3 Å². The van der Waals surface area contributed by atoms with Gasteiger partial charge in [0.15, 0.2) is 0 Å². The highest BCUT2D eigenvalue weighted by Gasteiger charge is 2.12. The van der Waals surface area contributed by atoms with Gasteiger partial charge in [0.25, 0.3) is 0 Å². The molecule has 0 aliphatic heterocycles. The molecule has 0 bridgehead atoms. The van der Waals surface area contributed by atoms with E-state index in [9.17, 15) is 9.90 Å². The van der Waals surface area contributed by atoms with Crippen molar-refractivity contribution in [3.8, 4) is 11.8 Å². The Kier molecular flexibility index (Phi) is 2.73. The molecule has 0 aliphatic carbocycles. The lowest BCUT2D eigenvalue weighted by Gasteiger charge is -2.05. The van der Waals surface area contributed by atoms with Crippen LogP contribution in [0.5, 0.6) is 5.75 Å². The Labute approximate surface area is 81.0 Å². The number of aliphatic carboxylic acids is 1. The van der Waals surface area contributed by atoms with E-state index in [1.165, 1.54) is 6.07 Å². The summed E-state index contributed by atoms with van der Waals surface area (Å²) in [5.41, 5.74) is 1.11. The molecule has 0 radical (unpaired) electrons. The molecule has 0 amide bonds. The minimum Gasteiger partial charge on any atom is -0.508 e. The second-order valence-electron chi connectivity index (χ2n) is 2.99. The minimum atomic E-state index is -1.07. The Bertz CT molecular complexity index is 418. The van der Waals surface area contributed by atoms with E-state index in [-0.39, 0.29) is 23.3 Å². The monoisotopic (exact) mass is 191 g/mol. The van der Waals surface area contributed by atoms with Crippen molar-refractivity contribution in [3.63, 3.8) is 0 Å². The SMILES string of the molecule is Cc1cc(O)c(CC(=O)O)c(C#N)c1. The number of nitriles is 1. The van der Waals surface area contributed by atoms with Gasteiger partial charge < -0.3 is 10.2 Å². The molecule has 0 aliphatic rings. The van der Waals surface area contributed by atoms with E-state index >= 15 is 0 Å². The van der Waals surface area contributed by atoms with Crippen LogP contribution in [0.1, 0.15) is 16.7 Å². The Morgan fingerprint density at radius 3 is 2.71 bits per heavy atom. The number of hydrogen-bond acceptors (Lipinski definition) is 3. The Morgan fingerprint density at radius 1 is 1.57 bits per heavy atom. The van der Waals surface area contributed by atoms with Gasteiger partial charge in [0.2, 0.25) is 0 Å². The van der Waals surface area contributed by atoms with Crippen LogP contribution in [-0.4, -0.2) is 16.2 Å². The van der Waals surface area contributed by atoms with Gasteiger partial charge in [-0.2, -0.15) is 5.26 Å². The molecule has 4 nitrogen and oxygen atoms in total. The molecular formula is C10H9NO3. The molecule has 0 aromatic heterocycles. The van der Waals surface area contributed by atoms with E-state index < -0.39 is 5.97 Å². The van der Waals surface area contributed by atoms with Gasteiger partial charge in [-0.05, 0) is 24.6 Å². The number of rotatable bonds is 2. The first-order valence-electron chi connectivity index (χ1n) is 3.99. The topological polar surface area (TPSA) is 81.3 Å². The van der Waals surface area contributed by atoms with Crippen molar-refractivity contribution in [1.82, 2.24) is 0 Å². The third-order valence-corrected chi connectivity index (χ3v) is 1.82. The maximum atomic E-state index is 10.5. The highest BCUT2D eigenvalue weighted by Crippen LogP contribution is 2.23. The molecule has 0 heterocycles. The molecule has 1 rings (SSSR count). The molecule has 0 saturated carbocycles. The summed E-state index contributed by atoms with van der Waals surface area (Å²) in [5, 5.41) is 26.7. The first kappa shape index (κ1) is 10.1. The van der Waals surface area contributed by atoms with Crippen molar-refractivity contribution in [2.24, 2.45) is 0 Å². The summed E-state index contributed by atoms with van der Waals surface area (Å²) < 4.78 is 0. The molecule has 1 aromatic carbocycles. The van der Waals surface area contributed by atoms with Crippen molar-refractivity contribution in [2.45, 2.75) is 13.3 Å². The van der Waals surface area contributed by atoms with Crippen molar-refractivity contribution in [3.05, 3.63) is 28.8 Å². The van der Waals surface area contributed by atoms with E-state index in [1.54, 1.807) is 13.0 Å². The van der Waals surface area contributed by atoms with Gasteiger partial charge in [-0.3, -0.25) is 4.79 Å². The minimum absolute atomic E-state index is 0.135. The van der Waals surface area contributed by atoms with Crippen LogP contribution in [0.3, 0.4) is 0 Å². The smallest absolute Gasteiger partial charge is 0.308 e. The van der Waals surface area contributed by atoms with Crippen LogP contribution in [0.4, 0.5) is 0 Å². The highest BCUT2D eigenvalue weighted by atomic mass is 16.4. The number of aryl methyl sites for hydroxylation is 1. The fourth-order valence-corrected chi connectivity index (χ4v) is 1.23. The lowest BCUT2D eigenvalue weighted by atomic mass is 10.0. The summed E-state index contributed by atoms with van der Waals surface area (Å²) in [4.78, 5) is 10.5. The molecule has 0 saturated heterocycles. The first-order valence-corrected chi connectivity index (χ1v) is 3.99. The molecule has 1 aromatic rings. The van der Waals surface area contributed by atoms with E-state index in [0.29, 0.717) is 0 Å². The number of carbonyl (C=O) groups is 1. The fraction of sp³-hybridized carbons (Fsp3) is 0.200. The number of aromatic hydroxyl groups is 1. The molecule has 0 atom stereocenters. The van der Waals surface area contributed by atoms with Crippen molar-refractivity contribution >= 4 is 5.97 Å². The van der Waals surface area contributed by atoms with Crippen molar-refractivity contribution in [2.75, 3.05) is 0 Å². The van der Waals surface area contributed by atoms with Crippen molar-refractivity contribution in [1.29, 1.82) is 5.26 Å². The maximum Gasteiger partial charge on any atom is 0.308 e. The molecule has 0 unspecified atom stereocenters. The molecule has 2 N–H and O–H groups in total. The second kappa shape index (κ2) is 3.79. The van der Waals surface area contributed by atoms with Crippen LogP contribution in [0.25, 0.3) is 0 Å². The van der Waals surface area contributed by atoms with E-state index in [1.807, 2.05) is 6.07 Å². The zero-order valence-electron chi connectivity index (χ0n) is 7.61. The number of phenols is 1. The summed E-state index contributed by atoms with van der Waals surface area (Å²) >= 11 is 0. The van der Waals surface area contributed by atoms with Gasteiger partial charge in [-0.15, -0.1) is 0 Å². The second-order valence-corrected chi connectivity index (χ2v) is 2.99. The molecule has 14 heavy (non-hydrogen) atoms. The van der Waals surface area contributed by atoms with Gasteiger partial charge in [-0.1, -0.05) is 0 Å². The van der Waals surface area contributed by atoms with E-state index in [4.69, 9.17) is 10.4 Å². The van der Waals surface area contributed by atoms with E-state index in [2.05, 4.69) is 0 Å². The summed E-state index contributed by atoms with van der Waals surface area (Å²) in [6, 6.07) is 4.86. The first-order chi connectivity index (χ1) is 6.54. The summed E-state index contributed by atoms with van der Waals surface area (Å²) in [7, 11) is 0. The maximum absolute atomic E-state index is 10.5. The zero-order valence-corrected chi connectivity index (χ0v) is 7.61. The van der Waals surface area contributed by atoms with Crippen LogP contribution < -0.4 is 0 Å². The quantitative estimate of drug-likeness (QED) is 0.735. The molecule has 72 valence electrons. The highest BCUT2D eigenvalue weighted by molar-refractivity contribution is 5.73. The van der Waals surface area contributed by atoms with Crippen LogP contribution in [0.15, 0.2) is 12.1 Å². The normalized spacial score (nSPS) is 9.43. The molecule has 0 spiro atoms. The van der Waals surface area contributed by atoms with Gasteiger partial charge in [0, 0.05) is 5.56 Å². The van der Waals surface area contributed by atoms with Gasteiger partial charge in [0.05, 0.1) is 18.1 Å². The fourth-order valence-electron chi connectivity index (χ4n) is 1.23. The summed E-state index contributed by atoms with van der Waals surface area (Å²) in [6.45, 7) is 1.73. The molecular weight excluding hydrogens is 182 g/mol. The van der Waals surface area contributed by atoms with E-state index in [0.717, 1.165) is 5.56 Å². The number of benzene rings is 1. The van der Waals surface area contributed by atoms with Gasteiger partial charge in [0.1, 0.15) is 5.75 Å². The number of carboxylic acid groups (broad SMARTS) is 1. The van der Waals surface area contributed by atoms with Gasteiger partial charge in [-0.25, -0.2) is 0 Å². The number of phenolic OH excluding ortho intramolecular Hbond substituents is 1. The predicted octanol–water partition coefficient (Wildman–Crippen LogP) is 1.20. The largest absolute Gasteiger partial charge is 0.508 e. The summed E-state index contributed by atoms with van der Waals surface area (Å²) in [5.74, 6) is -1.20. The van der Waals surface area contributed by atoms with Crippen LogP contribution >= 0.6 is 0 Å². The van der Waals surface area contributed by atoms with Crippen molar-refractivity contribution < 1.29 is 15.0 Å². The third kappa shape index (κ3) is 2.02.